The van der Waals surface area contributed by atoms with Crippen LogP contribution in [0.4, 0.5) is 0 Å². The minimum atomic E-state index is -0.798. The molecule has 5 nitrogen and oxygen atoms in total. The maximum absolute atomic E-state index is 12.3. The summed E-state index contributed by atoms with van der Waals surface area (Å²) in [6.07, 6.45) is 83.6. The number of esters is 2. The number of aliphatic hydroxyl groups excluding tert-OH is 1. The van der Waals surface area contributed by atoms with Gasteiger partial charge in [0.25, 0.3) is 0 Å². The molecule has 1 unspecified atom stereocenters. The van der Waals surface area contributed by atoms with Crippen LogP contribution in [0.1, 0.15) is 206 Å². The van der Waals surface area contributed by atoms with Gasteiger partial charge in [0.1, 0.15) is 6.61 Å². The van der Waals surface area contributed by atoms with E-state index in [-0.39, 0.29) is 25.2 Å². The molecule has 66 heavy (non-hydrogen) atoms. The molecular weight excluding hydrogens is 813 g/mol. The standard InChI is InChI=1S/C61H96O5/c1-3-5-7-9-11-13-15-17-19-21-23-25-27-29-30-32-34-36-38-40-42-44-46-48-50-52-54-56-61(64)66-59(57-62)58-65-60(63)55-53-51-49-47-45-43-41-39-37-35-33-31-28-26-24-22-20-18-16-14-12-10-8-6-4-2/h5-8,11-14,17-20,23-26,29-31,33-34,36,40,42,59,62H,3-4,9-10,15-16,21-22,27-28,32,35,37-39,41,43-58H2,1-2H3/b7-5-,8-6-,13-11-,14-12-,19-17-,20-18-,25-23-,26-24-,30-29-,33-31-,36-34-,42-40-. The maximum atomic E-state index is 12.3. The number of unbranched alkanes of at least 4 members (excludes halogenated alkanes) is 14. The van der Waals surface area contributed by atoms with Crippen molar-refractivity contribution in [3.05, 3.63) is 146 Å². The van der Waals surface area contributed by atoms with Crippen LogP contribution in [-0.4, -0.2) is 36.4 Å². The van der Waals surface area contributed by atoms with Crippen molar-refractivity contribution in [2.24, 2.45) is 0 Å². The molecule has 0 aromatic heterocycles. The molecule has 0 aromatic rings. The number of hydrogen-bond acceptors (Lipinski definition) is 5. The molecule has 0 fully saturated rings. The van der Waals surface area contributed by atoms with Gasteiger partial charge >= 0.3 is 11.9 Å². The molecule has 1 atom stereocenters. The molecule has 0 saturated carbocycles. The van der Waals surface area contributed by atoms with E-state index in [4.69, 9.17) is 9.47 Å². The fraction of sp³-hybridized carbons (Fsp3) is 0.574. The topological polar surface area (TPSA) is 72.8 Å². The number of carbonyl (C=O) groups excluding carboxylic acids is 2. The van der Waals surface area contributed by atoms with Crippen molar-refractivity contribution >= 4 is 11.9 Å². The van der Waals surface area contributed by atoms with Gasteiger partial charge in [-0.3, -0.25) is 9.59 Å². The Labute approximate surface area is 406 Å². The van der Waals surface area contributed by atoms with E-state index in [1.807, 2.05) is 0 Å². The normalized spacial score (nSPS) is 13.4. The van der Waals surface area contributed by atoms with Crippen LogP contribution in [0.15, 0.2) is 146 Å². The van der Waals surface area contributed by atoms with E-state index < -0.39 is 6.10 Å². The molecule has 370 valence electrons. The molecule has 5 heteroatoms. The number of hydrogen-bond donors (Lipinski definition) is 1. The van der Waals surface area contributed by atoms with Crippen LogP contribution in [0, 0.1) is 0 Å². The summed E-state index contributed by atoms with van der Waals surface area (Å²) in [4.78, 5) is 24.5. The number of ether oxygens (including phenoxy) is 2. The number of aliphatic hydroxyl groups is 1. The van der Waals surface area contributed by atoms with Crippen LogP contribution >= 0.6 is 0 Å². The molecule has 0 aromatic carbocycles. The Morgan fingerprint density at radius 3 is 0.909 bits per heavy atom. The van der Waals surface area contributed by atoms with Crippen molar-refractivity contribution < 1.29 is 24.2 Å². The van der Waals surface area contributed by atoms with Crippen molar-refractivity contribution in [1.29, 1.82) is 0 Å². The zero-order valence-corrected chi connectivity index (χ0v) is 42.1. The number of carbonyl (C=O) groups is 2. The molecule has 1 N–H and O–H groups in total. The first-order valence-corrected chi connectivity index (χ1v) is 26.4. The first-order chi connectivity index (χ1) is 32.6. The fourth-order valence-corrected chi connectivity index (χ4v) is 6.74. The van der Waals surface area contributed by atoms with E-state index in [1.165, 1.54) is 44.9 Å². The highest BCUT2D eigenvalue weighted by molar-refractivity contribution is 5.70. The Hall–Kier alpha value is -4.22. The van der Waals surface area contributed by atoms with E-state index >= 15 is 0 Å². The van der Waals surface area contributed by atoms with Crippen molar-refractivity contribution in [1.82, 2.24) is 0 Å². The molecule has 0 heterocycles. The van der Waals surface area contributed by atoms with Gasteiger partial charge in [-0.15, -0.1) is 0 Å². The quantitative estimate of drug-likeness (QED) is 0.0374. The molecule has 0 bridgehead atoms. The lowest BCUT2D eigenvalue weighted by molar-refractivity contribution is -0.161. The lowest BCUT2D eigenvalue weighted by atomic mass is 10.1. The van der Waals surface area contributed by atoms with Crippen molar-refractivity contribution in [3.8, 4) is 0 Å². The first-order valence-electron chi connectivity index (χ1n) is 26.4. The van der Waals surface area contributed by atoms with Gasteiger partial charge in [0.05, 0.1) is 6.61 Å². The lowest BCUT2D eigenvalue weighted by Crippen LogP contribution is -2.28. The summed E-state index contributed by atoms with van der Waals surface area (Å²) in [7, 11) is 0. The van der Waals surface area contributed by atoms with Crippen LogP contribution in [0.5, 0.6) is 0 Å². The molecule has 0 rings (SSSR count). The second-order valence-corrected chi connectivity index (χ2v) is 16.8. The molecule has 0 saturated heterocycles. The van der Waals surface area contributed by atoms with Gasteiger partial charge in [-0.2, -0.15) is 0 Å². The van der Waals surface area contributed by atoms with E-state index in [2.05, 4.69) is 160 Å². The smallest absolute Gasteiger partial charge is 0.306 e. The molecular formula is C61H96O5. The fourth-order valence-electron chi connectivity index (χ4n) is 6.74. The molecule has 0 aliphatic rings. The van der Waals surface area contributed by atoms with Gasteiger partial charge in [0.15, 0.2) is 6.10 Å². The van der Waals surface area contributed by atoms with E-state index in [1.54, 1.807) is 0 Å². The Morgan fingerprint density at radius 1 is 0.348 bits per heavy atom. The second kappa shape index (κ2) is 55.1. The average molecular weight is 909 g/mol. The highest BCUT2D eigenvalue weighted by Crippen LogP contribution is 2.13. The van der Waals surface area contributed by atoms with Gasteiger partial charge in [-0.05, 0) is 116 Å². The third kappa shape index (κ3) is 52.4. The Morgan fingerprint density at radius 2 is 0.606 bits per heavy atom. The van der Waals surface area contributed by atoms with Gasteiger partial charge in [-0.1, -0.05) is 224 Å². The summed E-state index contributed by atoms with van der Waals surface area (Å²) in [6, 6.07) is 0. The third-order valence-electron chi connectivity index (χ3n) is 10.6. The zero-order valence-electron chi connectivity index (χ0n) is 42.1. The minimum absolute atomic E-state index is 0.0875. The van der Waals surface area contributed by atoms with E-state index in [0.29, 0.717) is 12.8 Å². The minimum Gasteiger partial charge on any atom is -0.462 e. The largest absolute Gasteiger partial charge is 0.462 e. The Balaban J connectivity index is 3.64. The van der Waals surface area contributed by atoms with E-state index in [0.717, 1.165) is 135 Å². The number of rotatable bonds is 46. The van der Waals surface area contributed by atoms with Crippen LogP contribution in [-0.2, 0) is 19.1 Å². The molecule has 0 radical (unpaired) electrons. The van der Waals surface area contributed by atoms with Gasteiger partial charge in [0.2, 0.25) is 0 Å². The van der Waals surface area contributed by atoms with Crippen molar-refractivity contribution in [2.75, 3.05) is 13.2 Å². The van der Waals surface area contributed by atoms with Gasteiger partial charge < -0.3 is 14.6 Å². The summed E-state index contributed by atoms with van der Waals surface area (Å²) in [5, 5.41) is 9.64. The summed E-state index contributed by atoms with van der Waals surface area (Å²) < 4.78 is 10.7. The molecule has 0 amide bonds. The second-order valence-electron chi connectivity index (χ2n) is 16.8. The van der Waals surface area contributed by atoms with Crippen LogP contribution in [0.25, 0.3) is 0 Å². The third-order valence-corrected chi connectivity index (χ3v) is 10.6. The first kappa shape index (κ1) is 61.8. The summed E-state index contributed by atoms with van der Waals surface area (Å²) in [5.74, 6) is -0.631. The summed E-state index contributed by atoms with van der Waals surface area (Å²) in [5.41, 5.74) is 0. The van der Waals surface area contributed by atoms with Crippen molar-refractivity contribution in [3.63, 3.8) is 0 Å². The van der Waals surface area contributed by atoms with Crippen LogP contribution in [0.3, 0.4) is 0 Å². The van der Waals surface area contributed by atoms with Crippen LogP contribution < -0.4 is 0 Å². The van der Waals surface area contributed by atoms with Gasteiger partial charge in [-0.25, -0.2) is 0 Å². The Kier molecular flexibility index (Phi) is 51.6. The van der Waals surface area contributed by atoms with Crippen molar-refractivity contribution in [2.45, 2.75) is 213 Å². The molecule has 0 spiro atoms. The maximum Gasteiger partial charge on any atom is 0.306 e. The monoisotopic (exact) mass is 909 g/mol. The highest BCUT2D eigenvalue weighted by Gasteiger charge is 2.16. The SMILES string of the molecule is CC/C=C\C/C=C\C/C=C\C/C=C\C/C=C\C/C=C\C/C=C\CCCCCCCC(=O)OC(CO)COC(=O)CCCCCCCCCCC/C=C\C/C=C\C/C=C\C/C=C\C/C=C\CC. The lowest BCUT2D eigenvalue weighted by Gasteiger charge is -2.15. The highest BCUT2D eigenvalue weighted by atomic mass is 16.6. The zero-order chi connectivity index (χ0) is 47.7. The Bertz CT molecular complexity index is 1450. The van der Waals surface area contributed by atoms with E-state index in [9.17, 15) is 14.7 Å². The summed E-state index contributed by atoms with van der Waals surface area (Å²) in [6.45, 7) is 3.88. The molecule has 0 aliphatic carbocycles. The van der Waals surface area contributed by atoms with Gasteiger partial charge in [0, 0.05) is 12.8 Å². The predicted molar refractivity (Wildman–Crippen MR) is 287 cm³/mol. The number of allylic oxidation sites excluding steroid dienone is 24. The predicted octanol–water partition coefficient (Wildman–Crippen LogP) is 17.9. The van der Waals surface area contributed by atoms with Crippen LogP contribution in [0.2, 0.25) is 0 Å². The molecule has 0 aliphatic heterocycles. The average Bonchev–Trinajstić information content (AvgIpc) is 3.32. The summed E-state index contributed by atoms with van der Waals surface area (Å²) >= 11 is 0.